The summed E-state index contributed by atoms with van der Waals surface area (Å²) in [6.45, 7) is 1.21. The van der Waals surface area contributed by atoms with Crippen molar-refractivity contribution in [2.45, 2.75) is 31.8 Å². The van der Waals surface area contributed by atoms with Crippen molar-refractivity contribution in [1.29, 1.82) is 0 Å². The first-order valence-electron chi connectivity index (χ1n) is 13.8. The molecule has 9 heteroatoms. The number of likely N-dealkylation sites (tertiary alicyclic amines) is 1. The van der Waals surface area contributed by atoms with Gasteiger partial charge in [-0.15, -0.1) is 0 Å². The Morgan fingerprint density at radius 2 is 1.76 bits per heavy atom. The molecule has 9 nitrogen and oxygen atoms in total. The molecule has 2 fully saturated rings. The summed E-state index contributed by atoms with van der Waals surface area (Å²) in [4.78, 5) is 44.5. The number of carbonyl (C=O) groups is 2. The van der Waals surface area contributed by atoms with Crippen molar-refractivity contribution in [2.75, 3.05) is 23.7 Å². The Kier molecular flexibility index (Phi) is 7.11. The van der Waals surface area contributed by atoms with Gasteiger partial charge in [-0.2, -0.15) is 0 Å². The fourth-order valence-electron chi connectivity index (χ4n) is 5.05. The lowest BCUT2D eigenvalue weighted by atomic mass is 9.99. The number of pyridine rings is 2. The molecule has 0 atom stereocenters. The van der Waals surface area contributed by atoms with Gasteiger partial charge in [-0.25, -0.2) is 4.98 Å². The van der Waals surface area contributed by atoms with Gasteiger partial charge in [0.2, 0.25) is 0 Å². The van der Waals surface area contributed by atoms with Crippen molar-refractivity contribution in [2.24, 2.45) is 7.05 Å². The van der Waals surface area contributed by atoms with E-state index < -0.39 is 0 Å². The first kappa shape index (κ1) is 26.5. The fourth-order valence-corrected chi connectivity index (χ4v) is 5.05. The summed E-state index contributed by atoms with van der Waals surface area (Å²) in [6, 6.07) is 18.1. The third kappa shape index (κ3) is 5.49. The largest absolute Gasteiger partial charge is 0.392 e. The monoisotopic (exact) mass is 549 g/mol. The van der Waals surface area contributed by atoms with Crippen molar-refractivity contribution in [3.8, 4) is 11.1 Å². The van der Waals surface area contributed by atoms with Crippen molar-refractivity contribution in [1.82, 2.24) is 14.5 Å². The number of carbonyl (C=O) groups excluding carboxylic acids is 2. The van der Waals surface area contributed by atoms with Gasteiger partial charge in [-0.05, 0) is 72.7 Å². The predicted molar refractivity (Wildman–Crippen MR) is 157 cm³/mol. The molecular weight excluding hydrogens is 518 g/mol. The summed E-state index contributed by atoms with van der Waals surface area (Å²) in [6.07, 6.45) is 6.60. The maximum Gasteiger partial charge on any atom is 0.274 e. The van der Waals surface area contributed by atoms with Crippen LogP contribution in [0.5, 0.6) is 0 Å². The lowest BCUT2D eigenvalue weighted by Crippen LogP contribution is -2.42. The van der Waals surface area contributed by atoms with Crippen LogP contribution in [0.15, 0.2) is 77.9 Å². The minimum Gasteiger partial charge on any atom is -0.392 e. The van der Waals surface area contributed by atoms with Crippen LogP contribution in [0.3, 0.4) is 0 Å². The molecule has 2 amide bonds. The van der Waals surface area contributed by atoms with E-state index in [0.717, 1.165) is 19.5 Å². The van der Waals surface area contributed by atoms with Gasteiger partial charge < -0.3 is 25.2 Å². The van der Waals surface area contributed by atoms with Gasteiger partial charge in [0, 0.05) is 54.9 Å². The highest BCUT2D eigenvalue weighted by atomic mass is 16.3. The molecule has 2 aliphatic rings. The number of nitrogens with zero attached hydrogens (tertiary/aromatic N) is 3. The second kappa shape index (κ2) is 11.0. The topological polar surface area (TPSA) is 117 Å². The number of aryl methyl sites for hydroxylation is 1. The predicted octanol–water partition coefficient (Wildman–Crippen LogP) is 4.66. The number of benzene rings is 2. The van der Waals surface area contributed by atoms with Crippen LogP contribution in [0.25, 0.3) is 11.1 Å². The maximum absolute atomic E-state index is 13.0. The van der Waals surface area contributed by atoms with E-state index in [4.69, 9.17) is 0 Å². The number of anilines is 3. The summed E-state index contributed by atoms with van der Waals surface area (Å²) in [5.74, 6) is 0.729. The van der Waals surface area contributed by atoms with Gasteiger partial charge in [0.1, 0.15) is 11.5 Å². The second-order valence-corrected chi connectivity index (χ2v) is 10.6. The van der Waals surface area contributed by atoms with E-state index in [1.807, 2.05) is 30.3 Å². The second-order valence-electron chi connectivity index (χ2n) is 10.6. The minimum atomic E-state index is -0.313. The Morgan fingerprint density at radius 1 is 1.00 bits per heavy atom. The van der Waals surface area contributed by atoms with Gasteiger partial charge in [0.25, 0.3) is 17.4 Å². The van der Waals surface area contributed by atoms with Gasteiger partial charge >= 0.3 is 0 Å². The highest BCUT2D eigenvalue weighted by Gasteiger charge is 2.24. The zero-order valence-corrected chi connectivity index (χ0v) is 22.8. The molecule has 3 heterocycles. The van der Waals surface area contributed by atoms with Crippen molar-refractivity contribution >= 4 is 29.0 Å². The molecule has 3 N–H and O–H groups in total. The van der Waals surface area contributed by atoms with E-state index in [1.165, 1.54) is 29.2 Å². The number of aliphatic hydroxyl groups is 1. The molecule has 1 saturated heterocycles. The minimum absolute atomic E-state index is 0.0491. The van der Waals surface area contributed by atoms with Gasteiger partial charge in [0.15, 0.2) is 0 Å². The molecule has 1 aliphatic heterocycles. The van der Waals surface area contributed by atoms with Crippen LogP contribution in [0.2, 0.25) is 0 Å². The zero-order chi connectivity index (χ0) is 28.5. The standard InChI is InChI=1S/C32H31N5O4/c1-36-18-24(16-28(32(36)41)34-29-13-12-23(17-33-29)31(40)37-14-3-15-37)25-4-2-5-27(26(25)19-38)35-30(39)22-10-8-21(9-11-22)20-6-7-20/h2,4-5,8-13,16-18,20,38H,3,6-7,14-15,19H2,1H3,(H,33,34)(H,35,39). The van der Waals surface area contributed by atoms with Crippen molar-refractivity contribution < 1.29 is 14.7 Å². The third-order valence-corrected chi connectivity index (χ3v) is 7.71. The normalized spacial score (nSPS) is 14.3. The molecule has 0 radical (unpaired) electrons. The number of hydrogen-bond acceptors (Lipinski definition) is 6. The molecule has 2 aromatic heterocycles. The lowest BCUT2D eigenvalue weighted by Gasteiger charge is -2.30. The van der Waals surface area contributed by atoms with Crippen molar-refractivity contribution in [3.63, 3.8) is 0 Å². The van der Waals surface area contributed by atoms with Crippen LogP contribution in [-0.4, -0.2) is 44.5 Å². The summed E-state index contributed by atoms with van der Waals surface area (Å²) >= 11 is 0. The van der Waals surface area contributed by atoms with Crippen LogP contribution in [0.4, 0.5) is 17.2 Å². The van der Waals surface area contributed by atoms with E-state index in [0.29, 0.717) is 45.2 Å². The number of hydrogen-bond donors (Lipinski definition) is 3. The smallest absolute Gasteiger partial charge is 0.274 e. The number of nitrogens with one attached hydrogen (secondary N) is 2. The van der Waals surface area contributed by atoms with E-state index in [-0.39, 0.29) is 29.7 Å². The summed E-state index contributed by atoms with van der Waals surface area (Å²) in [5, 5.41) is 16.3. The number of amides is 2. The summed E-state index contributed by atoms with van der Waals surface area (Å²) in [5.41, 5.74) is 4.70. The van der Waals surface area contributed by atoms with E-state index in [9.17, 15) is 19.5 Å². The third-order valence-electron chi connectivity index (χ3n) is 7.71. The van der Waals surface area contributed by atoms with Crippen LogP contribution in [0, 0.1) is 0 Å². The molecule has 0 spiro atoms. The molecular formula is C32H31N5O4. The molecule has 0 unspecified atom stereocenters. The SMILES string of the molecule is Cn1cc(-c2cccc(NC(=O)c3ccc(C4CC4)cc3)c2CO)cc(Nc2ccc(C(=O)N3CCC3)cn2)c1=O. The Hall–Kier alpha value is -4.76. The Balaban J connectivity index is 1.25. The Labute approximate surface area is 237 Å². The summed E-state index contributed by atoms with van der Waals surface area (Å²) < 4.78 is 1.45. The van der Waals surface area contributed by atoms with Crippen LogP contribution in [-0.2, 0) is 13.7 Å². The van der Waals surface area contributed by atoms with Gasteiger partial charge in [-0.3, -0.25) is 14.4 Å². The van der Waals surface area contributed by atoms with Crippen LogP contribution < -0.4 is 16.2 Å². The first-order chi connectivity index (χ1) is 19.9. The average Bonchev–Trinajstić information content (AvgIpc) is 3.80. The van der Waals surface area contributed by atoms with E-state index in [2.05, 4.69) is 15.6 Å². The van der Waals surface area contributed by atoms with Crippen molar-refractivity contribution in [3.05, 3.63) is 106 Å². The number of rotatable bonds is 8. The Morgan fingerprint density at radius 3 is 2.39 bits per heavy atom. The Bertz CT molecular complexity index is 1670. The highest BCUT2D eigenvalue weighted by Crippen LogP contribution is 2.40. The molecule has 208 valence electrons. The molecule has 1 aliphatic carbocycles. The van der Waals surface area contributed by atoms with Gasteiger partial charge in [0.05, 0.1) is 12.2 Å². The first-order valence-corrected chi connectivity index (χ1v) is 13.8. The average molecular weight is 550 g/mol. The molecule has 41 heavy (non-hydrogen) atoms. The molecule has 2 aromatic carbocycles. The van der Waals surface area contributed by atoms with Crippen LogP contribution >= 0.6 is 0 Å². The maximum atomic E-state index is 13.0. The fraction of sp³-hybridized carbons (Fsp3) is 0.250. The molecule has 0 bridgehead atoms. The molecule has 4 aromatic rings. The number of aromatic nitrogens is 2. The molecule has 6 rings (SSSR count). The zero-order valence-electron chi connectivity index (χ0n) is 22.8. The quantitative estimate of drug-likeness (QED) is 0.294. The van der Waals surface area contributed by atoms with E-state index >= 15 is 0 Å². The van der Waals surface area contributed by atoms with E-state index in [1.54, 1.807) is 48.5 Å². The highest BCUT2D eigenvalue weighted by molar-refractivity contribution is 6.05. The van der Waals surface area contributed by atoms with Crippen LogP contribution in [0.1, 0.15) is 57.0 Å². The lowest BCUT2D eigenvalue weighted by molar-refractivity contribution is 0.0651. The molecule has 1 saturated carbocycles. The summed E-state index contributed by atoms with van der Waals surface area (Å²) in [7, 11) is 1.65. The number of aliphatic hydroxyl groups excluding tert-OH is 1. The van der Waals surface area contributed by atoms with Gasteiger partial charge in [-0.1, -0.05) is 24.3 Å².